The SMILES string of the molecule is CCNC(=NCCn1ccnc1)N1CCN(c2ccccc2F)CC1.I. The summed E-state index contributed by atoms with van der Waals surface area (Å²) in [4.78, 5) is 13.1. The molecule has 1 fully saturated rings. The Morgan fingerprint density at radius 1 is 1.23 bits per heavy atom. The molecule has 0 aliphatic carbocycles. The molecule has 0 saturated carbocycles. The lowest BCUT2D eigenvalue weighted by molar-refractivity contribution is 0.370. The second-order valence-electron chi connectivity index (χ2n) is 5.96. The fraction of sp³-hybridized carbons (Fsp3) is 0.444. The third-order valence-corrected chi connectivity index (χ3v) is 4.29. The Labute approximate surface area is 171 Å². The zero-order valence-electron chi connectivity index (χ0n) is 15.0. The molecule has 8 heteroatoms. The number of hydrogen-bond acceptors (Lipinski definition) is 3. The van der Waals surface area contributed by atoms with Crippen molar-refractivity contribution in [2.24, 2.45) is 4.99 Å². The predicted octanol–water partition coefficient (Wildman–Crippen LogP) is 2.43. The summed E-state index contributed by atoms with van der Waals surface area (Å²) in [6, 6.07) is 6.97. The number of benzene rings is 1. The van der Waals surface area contributed by atoms with Crippen LogP contribution in [0.3, 0.4) is 0 Å². The lowest BCUT2D eigenvalue weighted by Crippen LogP contribution is -2.52. The van der Waals surface area contributed by atoms with Gasteiger partial charge in [-0.05, 0) is 19.1 Å². The minimum Gasteiger partial charge on any atom is -0.366 e. The van der Waals surface area contributed by atoms with Gasteiger partial charge in [-0.25, -0.2) is 9.37 Å². The highest BCUT2D eigenvalue weighted by molar-refractivity contribution is 14.0. The average molecular weight is 472 g/mol. The number of nitrogens with zero attached hydrogens (tertiary/aromatic N) is 5. The maximum absolute atomic E-state index is 14.0. The molecule has 1 saturated heterocycles. The summed E-state index contributed by atoms with van der Waals surface area (Å²) in [6.07, 6.45) is 5.52. The predicted molar refractivity (Wildman–Crippen MR) is 114 cm³/mol. The Kier molecular flexibility index (Phi) is 8.14. The van der Waals surface area contributed by atoms with E-state index < -0.39 is 0 Å². The molecule has 1 aliphatic heterocycles. The van der Waals surface area contributed by atoms with E-state index in [4.69, 9.17) is 4.99 Å². The molecule has 1 aliphatic rings. The fourth-order valence-corrected chi connectivity index (χ4v) is 2.98. The van der Waals surface area contributed by atoms with Gasteiger partial charge in [0.25, 0.3) is 0 Å². The molecular weight excluding hydrogens is 446 g/mol. The van der Waals surface area contributed by atoms with Gasteiger partial charge in [-0.2, -0.15) is 0 Å². The molecule has 2 aromatic rings. The molecule has 0 spiro atoms. The number of aliphatic imine (C=N–C) groups is 1. The second kappa shape index (κ2) is 10.3. The Balaban J connectivity index is 0.00000243. The molecule has 142 valence electrons. The van der Waals surface area contributed by atoms with E-state index >= 15 is 0 Å². The summed E-state index contributed by atoms with van der Waals surface area (Å²) in [6.45, 7) is 7.63. The van der Waals surface area contributed by atoms with Crippen molar-refractivity contribution >= 4 is 35.6 Å². The molecule has 1 aromatic carbocycles. The first-order valence-corrected chi connectivity index (χ1v) is 8.76. The van der Waals surface area contributed by atoms with E-state index in [2.05, 4.69) is 27.0 Å². The first-order valence-electron chi connectivity index (χ1n) is 8.76. The van der Waals surface area contributed by atoms with E-state index in [-0.39, 0.29) is 29.8 Å². The van der Waals surface area contributed by atoms with Crippen molar-refractivity contribution < 1.29 is 4.39 Å². The molecule has 26 heavy (non-hydrogen) atoms. The van der Waals surface area contributed by atoms with Crippen LogP contribution in [0.4, 0.5) is 10.1 Å². The molecule has 0 unspecified atom stereocenters. The van der Waals surface area contributed by atoms with E-state index in [1.54, 1.807) is 18.6 Å². The monoisotopic (exact) mass is 472 g/mol. The molecule has 0 amide bonds. The van der Waals surface area contributed by atoms with Gasteiger partial charge < -0.3 is 19.7 Å². The van der Waals surface area contributed by atoms with E-state index in [0.29, 0.717) is 12.2 Å². The molecule has 0 radical (unpaired) electrons. The molecule has 2 heterocycles. The molecule has 3 rings (SSSR count). The van der Waals surface area contributed by atoms with Gasteiger partial charge in [0, 0.05) is 51.7 Å². The van der Waals surface area contributed by atoms with Gasteiger partial charge in [0.1, 0.15) is 5.82 Å². The van der Waals surface area contributed by atoms with Crippen LogP contribution in [0.15, 0.2) is 48.0 Å². The van der Waals surface area contributed by atoms with Crippen molar-refractivity contribution in [2.45, 2.75) is 13.5 Å². The number of para-hydroxylation sites is 1. The van der Waals surface area contributed by atoms with E-state index in [1.807, 2.05) is 22.9 Å². The largest absolute Gasteiger partial charge is 0.366 e. The first kappa shape index (κ1) is 20.5. The third-order valence-electron chi connectivity index (χ3n) is 4.29. The van der Waals surface area contributed by atoms with E-state index in [0.717, 1.165) is 45.2 Å². The molecule has 1 aromatic heterocycles. The highest BCUT2D eigenvalue weighted by Gasteiger charge is 2.21. The summed E-state index contributed by atoms with van der Waals surface area (Å²) < 4.78 is 16.0. The fourth-order valence-electron chi connectivity index (χ4n) is 2.98. The van der Waals surface area contributed by atoms with Crippen molar-refractivity contribution in [1.29, 1.82) is 0 Å². The van der Waals surface area contributed by atoms with Gasteiger partial charge in [-0.15, -0.1) is 24.0 Å². The Hall–Kier alpha value is -1.84. The summed E-state index contributed by atoms with van der Waals surface area (Å²) in [5.41, 5.74) is 0.684. The first-order chi connectivity index (χ1) is 12.3. The minimum atomic E-state index is -0.156. The summed E-state index contributed by atoms with van der Waals surface area (Å²) >= 11 is 0. The number of imidazole rings is 1. The van der Waals surface area contributed by atoms with Gasteiger partial charge in [0.15, 0.2) is 5.96 Å². The van der Waals surface area contributed by atoms with Gasteiger partial charge in [0.05, 0.1) is 18.6 Å². The Morgan fingerprint density at radius 2 is 2.00 bits per heavy atom. The lowest BCUT2D eigenvalue weighted by Gasteiger charge is -2.37. The number of guanidine groups is 1. The maximum Gasteiger partial charge on any atom is 0.194 e. The lowest BCUT2D eigenvalue weighted by atomic mass is 10.2. The maximum atomic E-state index is 14.0. The molecule has 0 bridgehead atoms. The van der Waals surface area contributed by atoms with Crippen LogP contribution in [0.1, 0.15) is 6.92 Å². The number of anilines is 1. The number of nitrogens with one attached hydrogen (secondary N) is 1. The molecule has 0 atom stereocenters. The van der Waals surface area contributed by atoms with Crippen LogP contribution in [0.25, 0.3) is 0 Å². The molecule has 6 nitrogen and oxygen atoms in total. The average Bonchev–Trinajstić information content (AvgIpc) is 3.15. The number of hydrogen-bond donors (Lipinski definition) is 1. The molecular formula is C18H26FIN6. The van der Waals surface area contributed by atoms with Crippen molar-refractivity contribution in [3.63, 3.8) is 0 Å². The zero-order chi connectivity index (χ0) is 17.5. The summed E-state index contributed by atoms with van der Waals surface area (Å²) in [7, 11) is 0. The van der Waals surface area contributed by atoms with Crippen molar-refractivity contribution in [3.05, 3.63) is 48.8 Å². The zero-order valence-corrected chi connectivity index (χ0v) is 17.3. The van der Waals surface area contributed by atoms with Crippen LogP contribution in [-0.4, -0.2) is 59.7 Å². The van der Waals surface area contributed by atoms with Crippen LogP contribution in [0.5, 0.6) is 0 Å². The Morgan fingerprint density at radius 3 is 2.65 bits per heavy atom. The van der Waals surface area contributed by atoms with Crippen LogP contribution in [-0.2, 0) is 6.54 Å². The van der Waals surface area contributed by atoms with Crippen LogP contribution >= 0.6 is 24.0 Å². The van der Waals surface area contributed by atoms with Crippen LogP contribution < -0.4 is 10.2 Å². The number of piperazine rings is 1. The number of halogens is 2. The topological polar surface area (TPSA) is 48.7 Å². The Bertz CT molecular complexity index is 683. The normalized spacial score (nSPS) is 14.9. The third kappa shape index (κ3) is 5.33. The van der Waals surface area contributed by atoms with Crippen LogP contribution in [0.2, 0.25) is 0 Å². The van der Waals surface area contributed by atoms with Crippen LogP contribution in [0, 0.1) is 5.82 Å². The number of aromatic nitrogens is 2. The number of rotatable bonds is 5. The van der Waals surface area contributed by atoms with Gasteiger partial charge in [-0.1, -0.05) is 12.1 Å². The van der Waals surface area contributed by atoms with Gasteiger partial charge in [0.2, 0.25) is 0 Å². The molecule has 1 N–H and O–H groups in total. The highest BCUT2D eigenvalue weighted by Crippen LogP contribution is 2.20. The van der Waals surface area contributed by atoms with E-state index in [1.165, 1.54) is 6.07 Å². The quantitative estimate of drug-likeness (QED) is 0.413. The standard InChI is InChI=1S/C18H25FN6.HI/c1-2-21-18(22-8-10-23-9-7-20-15-23)25-13-11-24(12-14-25)17-6-4-3-5-16(17)19;/h3-7,9,15H,2,8,10-14H2,1H3,(H,21,22);1H. The summed E-state index contributed by atoms with van der Waals surface area (Å²) in [5.74, 6) is 0.771. The van der Waals surface area contributed by atoms with Crippen molar-refractivity contribution in [1.82, 2.24) is 19.8 Å². The van der Waals surface area contributed by atoms with Gasteiger partial charge >= 0.3 is 0 Å². The van der Waals surface area contributed by atoms with E-state index in [9.17, 15) is 4.39 Å². The highest BCUT2D eigenvalue weighted by atomic mass is 127. The summed E-state index contributed by atoms with van der Waals surface area (Å²) in [5, 5.41) is 3.36. The van der Waals surface area contributed by atoms with Gasteiger partial charge in [-0.3, -0.25) is 4.99 Å². The minimum absolute atomic E-state index is 0. The second-order valence-corrected chi connectivity index (χ2v) is 5.96. The van der Waals surface area contributed by atoms with Crippen molar-refractivity contribution in [2.75, 3.05) is 44.2 Å². The van der Waals surface area contributed by atoms with Crippen molar-refractivity contribution in [3.8, 4) is 0 Å². The smallest absolute Gasteiger partial charge is 0.194 e.